The molecule has 2 rings (SSSR count). The van der Waals surface area contributed by atoms with Crippen molar-refractivity contribution in [2.75, 3.05) is 0 Å². The molecule has 1 heterocycles. The van der Waals surface area contributed by atoms with Gasteiger partial charge in [0.2, 0.25) is 0 Å². The van der Waals surface area contributed by atoms with E-state index in [4.69, 9.17) is 5.26 Å². The van der Waals surface area contributed by atoms with Crippen molar-refractivity contribution < 1.29 is 4.39 Å². The van der Waals surface area contributed by atoms with Crippen LogP contribution in [0.15, 0.2) is 22.4 Å². The van der Waals surface area contributed by atoms with Gasteiger partial charge in [0.25, 0.3) is 0 Å². The van der Waals surface area contributed by atoms with Gasteiger partial charge in [-0.1, -0.05) is 0 Å². The predicted octanol–water partition coefficient (Wildman–Crippen LogP) is 3.20. The summed E-state index contributed by atoms with van der Waals surface area (Å²) in [4.78, 5) is 0.656. The summed E-state index contributed by atoms with van der Waals surface area (Å²) in [6, 6.07) is 5.15. The topological polar surface area (TPSA) is 23.8 Å². The van der Waals surface area contributed by atoms with Crippen LogP contribution in [0, 0.1) is 17.1 Å². The third kappa shape index (κ3) is 1.30. The van der Waals surface area contributed by atoms with Crippen LogP contribution in [-0.2, 0) is 0 Å². The summed E-state index contributed by atoms with van der Waals surface area (Å²) in [5.41, 5.74) is 0.440. The Morgan fingerprint density at radius 1 is 1.46 bits per heavy atom. The average molecular weight is 209 g/mol. The van der Waals surface area contributed by atoms with Crippen molar-refractivity contribution >= 4 is 34.1 Å². The van der Waals surface area contributed by atoms with Crippen molar-refractivity contribution in [1.29, 1.82) is 5.26 Å². The Balaban J connectivity index is 2.90. The Bertz CT molecular complexity index is 510. The van der Waals surface area contributed by atoms with Gasteiger partial charge in [-0.2, -0.15) is 5.26 Å². The van der Waals surface area contributed by atoms with Gasteiger partial charge in [-0.05, 0) is 12.1 Å². The fraction of sp³-hybridized carbons (Fsp3) is 0. The third-order valence-electron chi connectivity index (χ3n) is 1.74. The second kappa shape index (κ2) is 3.02. The Labute approximate surface area is 83.8 Å². The van der Waals surface area contributed by atoms with Gasteiger partial charge in [0, 0.05) is 15.7 Å². The van der Waals surface area contributed by atoms with Gasteiger partial charge in [-0.3, -0.25) is 0 Å². The maximum absolute atomic E-state index is 13.1. The molecule has 0 radical (unpaired) electrons. The van der Waals surface area contributed by atoms with Crippen LogP contribution < -0.4 is 0 Å². The van der Waals surface area contributed by atoms with E-state index in [2.05, 4.69) is 12.6 Å². The van der Waals surface area contributed by atoms with Crippen LogP contribution in [0.4, 0.5) is 4.39 Å². The lowest BCUT2D eigenvalue weighted by atomic mass is 10.2. The Kier molecular flexibility index (Phi) is 1.98. The van der Waals surface area contributed by atoms with E-state index in [-0.39, 0.29) is 5.82 Å². The lowest BCUT2D eigenvalue weighted by Gasteiger charge is -1.95. The molecule has 0 saturated carbocycles. The van der Waals surface area contributed by atoms with Crippen LogP contribution in [0.1, 0.15) is 5.56 Å². The van der Waals surface area contributed by atoms with Crippen molar-refractivity contribution in [2.45, 2.75) is 4.90 Å². The van der Waals surface area contributed by atoms with Crippen LogP contribution in [0.5, 0.6) is 0 Å². The normalized spacial score (nSPS) is 10.2. The summed E-state index contributed by atoms with van der Waals surface area (Å²) in [6.45, 7) is 0. The Morgan fingerprint density at radius 2 is 2.23 bits per heavy atom. The molecule has 1 nitrogen and oxygen atoms in total. The van der Waals surface area contributed by atoms with Crippen molar-refractivity contribution in [1.82, 2.24) is 0 Å². The first kappa shape index (κ1) is 8.54. The molecular weight excluding hydrogens is 205 g/mol. The summed E-state index contributed by atoms with van der Waals surface area (Å²) < 4.78 is 13.9. The third-order valence-corrected chi connectivity index (χ3v) is 3.24. The zero-order valence-electron chi connectivity index (χ0n) is 6.41. The molecule has 0 atom stereocenters. The van der Waals surface area contributed by atoms with E-state index in [9.17, 15) is 4.39 Å². The van der Waals surface area contributed by atoms with E-state index < -0.39 is 0 Å². The van der Waals surface area contributed by atoms with Crippen LogP contribution in [-0.4, -0.2) is 0 Å². The van der Waals surface area contributed by atoms with E-state index >= 15 is 0 Å². The number of hydrogen-bond donors (Lipinski definition) is 1. The van der Waals surface area contributed by atoms with Crippen LogP contribution in [0.2, 0.25) is 0 Å². The second-order valence-corrected chi connectivity index (χ2v) is 3.93. The minimum atomic E-state index is -0.285. The van der Waals surface area contributed by atoms with Crippen molar-refractivity contribution in [3.63, 3.8) is 0 Å². The molecule has 0 aliphatic heterocycles. The minimum Gasteiger partial charge on any atom is -0.205 e. The molecule has 0 saturated heterocycles. The van der Waals surface area contributed by atoms with Crippen molar-refractivity contribution in [2.24, 2.45) is 0 Å². The van der Waals surface area contributed by atoms with Gasteiger partial charge in [-0.25, -0.2) is 4.39 Å². The zero-order chi connectivity index (χ0) is 9.42. The quantitative estimate of drug-likeness (QED) is 0.662. The van der Waals surface area contributed by atoms with Gasteiger partial charge >= 0.3 is 0 Å². The number of hydrogen-bond acceptors (Lipinski definition) is 3. The molecule has 4 heteroatoms. The van der Waals surface area contributed by atoms with Gasteiger partial charge in [0.1, 0.15) is 5.82 Å². The lowest BCUT2D eigenvalue weighted by molar-refractivity contribution is 0.644. The summed E-state index contributed by atoms with van der Waals surface area (Å²) in [5, 5.41) is 10.5. The molecule has 0 bridgehead atoms. The van der Waals surface area contributed by atoms with E-state index in [1.54, 1.807) is 12.1 Å². The number of halogens is 1. The highest BCUT2D eigenvalue weighted by Crippen LogP contribution is 2.31. The smallest absolute Gasteiger partial charge is 0.141 e. The largest absolute Gasteiger partial charge is 0.205 e. The molecule has 1 aromatic heterocycles. The number of benzene rings is 1. The first-order chi connectivity index (χ1) is 6.22. The number of thiophene rings is 1. The summed E-state index contributed by atoms with van der Waals surface area (Å²) in [7, 11) is 0. The molecule has 2 aromatic rings. The number of thiol groups is 1. The highest BCUT2D eigenvalue weighted by atomic mass is 32.1. The Morgan fingerprint density at radius 3 is 2.92 bits per heavy atom. The highest BCUT2D eigenvalue weighted by molar-refractivity contribution is 7.80. The molecule has 0 aliphatic rings. The first-order valence-corrected chi connectivity index (χ1v) is 4.85. The molecule has 13 heavy (non-hydrogen) atoms. The van der Waals surface area contributed by atoms with Gasteiger partial charge in [0.15, 0.2) is 0 Å². The first-order valence-electron chi connectivity index (χ1n) is 3.52. The van der Waals surface area contributed by atoms with Gasteiger partial charge in [0.05, 0.1) is 16.3 Å². The number of nitriles is 1. The number of fused-ring (bicyclic) bond motifs is 1. The molecule has 0 aliphatic carbocycles. The summed E-state index contributed by atoms with van der Waals surface area (Å²) >= 11 is 5.48. The second-order valence-electron chi connectivity index (χ2n) is 2.57. The molecule has 64 valence electrons. The van der Waals surface area contributed by atoms with Crippen molar-refractivity contribution in [3.05, 3.63) is 28.9 Å². The molecule has 0 spiro atoms. The van der Waals surface area contributed by atoms with Crippen LogP contribution in [0.25, 0.3) is 10.1 Å². The number of rotatable bonds is 0. The van der Waals surface area contributed by atoms with E-state index in [1.807, 2.05) is 6.07 Å². The molecule has 0 fully saturated rings. The van der Waals surface area contributed by atoms with Gasteiger partial charge < -0.3 is 0 Å². The average Bonchev–Trinajstić information content (AvgIpc) is 2.48. The minimum absolute atomic E-state index is 0.285. The van der Waals surface area contributed by atoms with Gasteiger partial charge in [-0.15, -0.1) is 24.0 Å². The maximum Gasteiger partial charge on any atom is 0.141 e. The van der Waals surface area contributed by atoms with E-state index in [0.717, 1.165) is 4.70 Å². The van der Waals surface area contributed by atoms with Crippen LogP contribution in [0.3, 0.4) is 0 Å². The molecular formula is C9H4FNS2. The van der Waals surface area contributed by atoms with E-state index in [1.165, 1.54) is 16.7 Å². The molecule has 0 amide bonds. The maximum atomic E-state index is 13.1. The monoisotopic (exact) mass is 209 g/mol. The Hall–Kier alpha value is -1.05. The SMILES string of the molecule is N#Cc1cc(S)c2scc(F)c2c1. The summed E-state index contributed by atoms with van der Waals surface area (Å²) in [6.07, 6.45) is 0. The fourth-order valence-corrected chi connectivity index (χ4v) is 2.38. The standard InChI is InChI=1S/C9H4FNS2/c10-7-4-13-9-6(7)1-5(3-11)2-8(9)12/h1-2,4,12H. The predicted molar refractivity (Wildman–Crippen MR) is 53.8 cm³/mol. The lowest BCUT2D eigenvalue weighted by Crippen LogP contribution is -1.76. The van der Waals surface area contributed by atoms with Crippen molar-refractivity contribution in [3.8, 4) is 6.07 Å². The zero-order valence-corrected chi connectivity index (χ0v) is 8.12. The molecule has 1 aromatic carbocycles. The van der Waals surface area contributed by atoms with E-state index in [0.29, 0.717) is 15.8 Å². The van der Waals surface area contributed by atoms with Crippen LogP contribution >= 0.6 is 24.0 Å². The highest BCUT2D eigenvalue weighted by Gasteiger charge is 2.07. The molecule has 0 unspecified atom stereocenters. The molecule has 0 N–H and O–H groups in total. The summed E-state index contributed by atoms with van der Waals surface area (Å²) in [5.74, 6) is -0.285. The number of nitrogens with zero attached hydrogens (tertiary/aromatic N) is 1. The fourth-order valence-electron chi connectivity index (χ4n) is 1.15.